The molecule has 5 aromatic rings. The summed E-state index contributed by atoms with van der Waals surface area (Å²) in [6.45, 7) is 1.84. The summed E-state index contributed by atoms with van der Waals surface area (Å²) in [5.74, 6) is 1.20. The van der Waals surface area contributed by atoms with Gasteiger partial charge in [-0.1, -0.05) is 6.07 Å². The van der Waals surface area contributed by atoms with E-state index in [0.717, 1.165) is 21.3 Å². The minimum atomic E-state index is -0.0796. The van der Waals surface area contributed by atoms with Gasteiger partial charge in [-0.25, -0.2) is 15.0 Å². The number of pyridine rings is 2. The second-order valence-electron chi connectivity index (χ2n) is 5.90. The van der Waals surface area contributed by atoms with Crippen LogP contribution >= 0.6 is 11.3 Å². The number of fused-ring (bicyclic) bond motifs is 2. The lowest BCUT2D eigenvalue weighted by Gasteiger charge is -2.08. The number of benzene rings is 1. The second-order valence-corrected chi connectivity index (χ2v) is 6.79. The first-order chi connectivity index (χ1) is 12.7. The van der Waals surface area contributed by atoms with Crippen molar-refractivity contribution in [1.82, 2.24) is 30.1 Å². The van der Waals surface area contributed by atoms with E-state index in [0.29, 0.717) is 28.4 Å². The zero-order valence-electron chi connectivity index (χ0n) is 13.6. The number of rotatable bonds is 2. The van der Waals surface area contributed by atoms with Crippen LogP contribution in [0.1, 0.15) is 5.82 Å². The van der Waals surface area contributed by atoms with Gasteiger partial charge in [0.05, 0.1) is 21.1 Å². The lowest BCUT2D eigenvalue weighted by molar-refractivity contribution is 1.04. The third-order valence-electron chi connectivity index (χ3n) is 4.19. The zero-order chi connectivity index (χ0) is 17.7. The molecule has 4 aromatic heterocycles. The molecule has 0 bridgehead atoms. The van der Waals surface area contributed by atoms with E-state index < -0.39 is 0 Å². The van der Waals surface area contributed by atoms with Gasteiger partial charge in [0.25, 0.3) is 0 Å². The van der Waals surface area contributed by atoms with Crippen LogP contribution in [0.4, 0.5) is 0 Å². The fourth-order valence-electron chi connectivity index (χ4n) is 2.96. The maximum atomic E-state index is 12.3. The molecule has 126 valence electrons. The molecular weight excluding hydrogens is 348 g/mol. The highest BCUT2D eigenvalue weighted by Gasteiger charge is 2.17. The lowest BCUT2D eigenvalue weighted by Crippen LogP contribution is -2.03. The quantitative estimate of drug-likeness (QED) is 0.503. The zero-order valence-corrected chi connectivity index (χ0v) is 14.5. The van der Waals surface area contributed by atoms with Crippen molar-refractivity contribution in [3.8, 4) is 22.6 Å². The van der Waals surface area contributed by atoms with Gasteiger partial charge in [0, 0.05) is 17.8 Å². The molecule has 7 nitrogen and oxygen atoms in total. The molecule has 2 N–H and O–H groups in total. The van der Waals surface area contributed by atoms with Crippen molar-refractivity contribution < 1.29 is 0 Å². The molecule has 0 aliphatic heterocycles. The van der Waals surface area contributed by atoms with Crippen molar-refractivity contribution in [3.63, 3.8) is 0 Å². The summed E-state index contributed by atoms with van der Waals surface area (Å²) in [7, 11) is 0. The van der Waals surface area contributed by atoms with Gasteiger partial charge in [0.15, 0.2) is 11.3 Å². The van der Waals surface area contributed by atoms with E-state index in [1.54, 1.807) is 17.5 Å². The van der Waals surface area contributed by atoms with E-state index in [2.05, 4.69) is 36.2 Å². The molecule has 1 aromatic carbocycles. The molecule has 4 heterocycles. The van der Waals surface area contributed by atoms with Crippen LogP contribution in [0.25, 0.3) is 43.9 Å². The Morgan fingerprint density at radius 1 is 1.12 bits per heavy atom. The van der Waals surface area contributed by atoms with Crippen molar-refractivity contribution in [2.45, 2.75) is 6.92 Å². The Kier molecular flexibility index (Phi) is 3.19. The molecule has 8 heteroatoms. The van der Waals surface area contributed by atoms with Gasteiger partial charge >= 0.3 is 0 Å². The third kappa shape index (κ3) is 2.31. The number of hydrogen-bond acceptors (Lipinski definition) is 6. The summed E-state index contributed by atoms with van der Waals surface area (Å²) < 4.78 is 1.07. The fraction of sp³-hybridized carbons (Fsp3) is 0.0556. The molecule has 0 amide bonds. The van der Waals surface area contributed by atoms with Gasteiger partial charge in [-0.15, -0.1) is 11.3 Å². The number of aryl methyl sites for hydroxylation is 1. The maximum Gasteiger partial charge on any atom is 0.200 e. The molecule has 26 heavy (non-hydrogen) atoms. The van der Waals surface area contributed by atoms with Gasteiger partial charge < -0.3 is 4.98 Å². The van der Waals surface area contributed by atoms with Crippen molar-refractivity contribution in [2.24, 2.45) is 0 Å². The minimum Gasteiger partial charge on any atom is -0.346 e. The number of aromatic amines is 2. The average Bonchev–Trinajstić information content (AvgIpc) is 3.29. The summed E-state index contributed by atoms with van der Waals surface area (Å²) in [5, 5.41) is 7.63. The highest BCUT2D eigenvalue weighted by Crippen LogP contribution is 2.33. The summed E-state index contributed by atoms with van der Waals surface area (Å²) in [4.78, 5) is 28.7. The Balaban J connectivity index is 1.86. The molecule has 0 unspecified atom stereocenters. The first kappa shape index (κ1) is 14.9. The van der Waals surface area contributed by atoms with E-state index in [-0.39, 0.29) is 5.43 Å². The Bertz CT molecular complexity index is 1330. The molecule has 0 spiro atoms. The topological polar surface area (TPSA) is 100 Å². The number of thiazole rings is 1. The monoisotopic (exact) mass is 360 g/mol. The number of nitrogens with one attached hydrogen (secondary N) is 2. The van der Waals surface area contributed by atoms with Gasteiger partial charge in [-0.05, 0) is 30.7 Å². The van der Waals surface area contributed by atoms with Crippen LogP contribution < -0.4 is 5.43 Å². The van der Waals surface area contributed by atoms with Gasteiger partial charge in [-0.2, -0.15) is 5.10 Å². The van der Waals surface area contributed by atoms with E-state index in [1.807, 2.05) is 30.6 Å². The van der Waals surface area contributed by atoms with Gasteiger partial charge in [-0.3, -0.25) is 9.89 Å². The Hall–Kier alpha value is -3.39. The molecule has 5 rings (SSSR count). The Labute approximate surface area is 150 Å². The normalized spacial score (nSPS) is 11.4. The van der Waals surface area contributed by atoms with Crippen molar-refractivity contribution >= 4 is 32.6 Å². The predicted molar refractivity (Wildman–Crippen MR) is 101 cm³/mol. The second kappa shape index (κ2) is 5.57. The largest absolute Gasteiger partial charge is 0.346 e. The molecule has 0 atom stereocenters. The van der Waals surface area contributed by atoms with Crippen LogP contribution in [0.15, 0.2) is 46.8 Å². The van der Waals surface area contributed by atoms with E-state index in [1.165, 1.54) is 6.07 Å². The SMILES string of the molecule is Cc1nc(-c2nc3[nH]ccc(=O)c3cc2-c2ccc3ncsc3c2)n[nH]1. The highest BCUT2D eigenvalue weighted by molar-refractivity contribution is 7.16. The number of nitrogens with zero attached hydrogens (tertiary/aromatic N) is 4. The summed E-state index contributed by atoms with van der Waals surface area (Å²) >= 11 is 1.57. The molecule has 0 radical (unpaired) electrons. The van der Waals surface area contributed by atoms with E-state index in [4.69, 9.17) is 0 Å². The number of H-pyrrole nitrogens is 2. The number of aromatic nitrogens is 6. The van der Waals surface area contributed by atoms with Crippen molar-refractivity contribution in [3.05, 3.63) is 58.1 Å². The van der Waals surface area contributed by atoms with Crippen molar-refractivity contribution in [2.75, 3.05) is 0 Å². The predicted octanol–water partition coefficient (Wildman–Crippen LogP) is 3.29. The van der Waals surface area contributed by atoms with E-state index in [9.17, 15) is 4.79 Å². The fourth-order valence-corrected chi connectivity index (χ4v) is 3.68. The Morgan fingerprint density at radius 3 is 2.88 bits per heavy atom. The first-order valence-corrected chi connectivity index (χ1v) is 8.82. The molecule has 0 saturated heterocycles. The Morgan fingerprint density at radius 2 is 2.04 bits per heavy atom. The van der Waals surface area contributed by atoms with E-state index >= 15 is 0 Å². The molecular formula is C18H12N6OS. The highest BCUT2D eigenvalue weighted by atomic mass is 32.1. The summed E-state index contributed by atoms with van der Waals surface area (Å²) in [6, 6.07) is 9.34. The van der Waals surface area contributed by atoms with Crippen molar-refractivity contribution in [1.29, 1.82) is 0 Å². The van der Waals surface area contributed by atoms with Crippen LogP contribution in [0.5, 0.6) is 0 Å². The maximum absolute atomic E-state index is 12.3. The molecule has 0 saturated carbocycles. The molecule has 0 aliphatic rings. The molecule has 0 aliphatic carbocycles. The smallest absolute Gasteiger partial charge is 0.200 e. The summed E-state index contributed by atoms with van der Waals surface area (Å²) in [5.41, 5.74) is 5.56. The lowest BCUT2D eigenvalue weighted by atomic mass is 10.0. The summed E-state index contributed by atoms with van der Waals surface area (Å²) in [6.07, 6.45) is 1.59. The standard InChI is InChI=1S/C18H12N6OS/c1-9-21-18(24-23-9)16-11(7-12-14(25)4-5-19-17(12)22-16)10-2-3-13-15(6-10)26-8-20-13/h2-8H,1H3,(H,19,22,25)(H,21,23,24). The minimum absolute atomic E-state index is 0.0796. The van der Waals surface area contributed by atoms with Crippen LogP contribution in [0.3, 0.4) is 0 Å². The average molecular weight is 360 g/mol. The van der Waals surface area contributed by atoms with Crippen LogP contribution in [-0.4, -0.2) is 30.1 Å². The number of hydrogen-bond donors (Lipinski definition) is 2. The van der Waals surface area contributed by atoms with Crippen LogP contribution in [0, 0.1) is 6.92 Å². The third-order valence-corrected chi connectivity index (χ3v) is 4.99. The van der Waals surface area contributed by atoms with Crippen LogP contribution in [0.2, 0.25) is 0 Å². The van der Waals surface area contributed by atoms with Gasteiger partial charge in [0.1, 0.15) is 17.2 Å². The van der Waals surface area contributed by atoms with Gasteiger partial charge in [0.2, 0.25) is 0 Å². The molecule has 0 fully saturated rings. The van der Waals surface area contributed by atoms with Crippen LogP contribution in [-0.2, 0) is 0 Å². The first-order valence-electron chi connectivity index (χ1n) is 7.94.